The normalized spacial score (nSPS) is 32.0. The van der Waals surface area contributed by atoms with E-state index in [2.05, 4.69) is 15.0 Å². The molecule has 120 valence electrons. The number of hydrogen-bond acceptors (Lipinski definition) is 7. The molecule has 0 radical (unpaired) electrons. The third-order valence-corrected chi connectivity index (χ3v) is 4.79. The smallest absolute Gasteiger partial charge is 0.222 e. The van der Waals surface area contributed by atoms with E-state index < -0.39 is 30.3 Å². The number of anilines is 1. The molecule has 0 amide bonds. The van der Waals surface area contributed by atoms with Crippen molar-refractivity contribution in [2.45, 2.75) is 44.4 Å². The van der Waals surface area contributed by atoms with Gasteiger partial charge in [-0.15, -0.1) is 0 Å². The van der Waals surface area contributed by atoms with E-state index >= 15 is 0 Å². The Morgan fingerprint density at radius 1 is 1.45 bits per heavy atom. The maximum atomic E-state index is 10.9. The summed E-state index contributed by atoms with van der Waals surface area (Å²) in [6.07, 6.45) is 1.76. The van der Waals surface area contributed by atoms with Crippen LogP contribution in [-0.2, 0) is 0 Å². The first-order valence-electron chi connectivity index (χ1n) is 7.40. The fraction of sp³-hybridized carbons (Fsp3) is 0.643. The van der Waals surface area contributed by atoms with Crippen LogP contribution in [0.25, 0.3) is 11.2 Å². The minimum Gasteiger partial charge on any atom is -0.393 e. The lowest BCUT2D eigenvalue weighted by Crippen LogP contribution is -2.45. The van der Waals surface area contributed by atoms with E-state index in [1.807, 2.05) is 6.92 Å². The number of imidazole rings is 1. The van der Waals surface area contributed by atoms with Gasteiger partial charge in [0.2, 0.25) is 5.95 Å². The number of nitrogens with zero attached hydrogens (tertiary/aromatic N) is 4. The Labute approximate surface area is 127 Å². The number of fused-ring (bicyclic) bond motifs is 1. The van der Waals surface area contributed by atoms with Crippen molar-refractivity contribution in [3.8, 4) is 0 Å². The average Bonchev–Trinajstić information content (AvgIpc) is 2.98. The molecule has 5 N–H and O–H groups in total. The Morgan fingerprint density at radius 2 is 2.18 bits per heavy atom. The summed E-state index contributed by atoms with van der Waals surface area (Å²) in [6, 6.07) is -0.517. The molecule has 2 aromatic rings. The topological polar surface area (TPSA) is 130 Å². The molecule has 22 heavy (non-hydrogen) atoms. The van der Waals surface area contributed by atoms with Crippen LogP contribution >= 0.6 is 0 Å². The predicted octanol–water partition coefficient (Wildman–Crippen LogP) is -0.228. The third kappa shape index (κ3) is 1.98. The SMILES string of the molecule is CC[C@@H]1[C@@H](O)C[C@H](n2cnc3c(C)nc(N)nc32)[C@]1(O)CO. The van der Waals surface area contributed by atoms with E-state index in [-0.39, 0.29) is 5.95 Å². The van der Waals surface area contributed by atoms with E-state index in [1.54, 1.807) is 17.8 Å². The summed E-state index contributed by atoms with van der Waals surface area (Å²) in [5.41, 5.74) is 6.04. The lowest BCUT2D eigenvalue weighted by Gasteiger charge is -2.34. The molecular weight excluding hydrogens is 286 g/mol. The van der Waals surface area contributed by atoms with Gasteiger partial charge in [0.15, 0.2) is 5.65 Å². The van der Waals surface area contributed by atoms with Gasteiger partial charge in [0.1, 0.15) is 11.1 Å². The lowest BCUT2D eigenvalue weighted by atomic mass is 9.86. The molecule has 3 rings (SSSR count). The zero-order chi connectivity index (χ0) is 16.1. The van der Waals surface area contributed by atoms with Crippen molar-refractivity contribution in [1.82, 2.24) is 19.5 Å². The lowest BCUT2D eigenvalue weighted by molar-refractivity contribution is -0.0853. The van der Waals surface area contributed by atoms with Gasteiger partial charge in [0.05, 0.1) is 30.8 Å². The molecule has 0 aliphatic heterocycles. The maximum absolute atomic E-state index is 10.9. The predicted molar refractivity (Wildman–Crippen MR) is 79.9 cm³/mol. The van der Waals surface area contributed by atoms with E-state index in [4.69, 9.17) is 5.73 Å². The molecule has 0 spiro atoms. The van der Waals surface area contributed by atoms with Crippen LogP contribution in [0, 0.1) is 12.8 Å². The Hall–Kier alpha value is -1.77. The summed E-state index contributed by atoms with van der Waals surface area (Å²) in [5.74, 6) is -0.273. The quantitative estimate of drug-likeness (QED) is 0.616. The van der Waals surface area contributed by atoms with Crippen molar-refractivity contribution in [1.29, 1.82) is 0 Å². The Morgan fingerprint density at radius 3 is 2.82 bits per heavy atom. The second kappa shape index (κ2) is 5.15. The molecule has 8 heteroatoms. The molecule has 0 aromatic carbocycles. The third-order valence-electron chi connectivity index (χ3n) is 4.79. The van der Waals surface area contributed by atoms with Gasteiger partial charge < -0.3 is 25.6 Å². The minimum atomic E-state index is -1.42. The molecule has 1 aliphatic rings. The highest BCUT2D eigenvalue weighted by Crippen LogP contribution is 2.46. The molecule has 0 bridgehead atoms. The highest BCUT2D eigenvalue weighted by Gasteiger charge is 2.54. The monoisotopic (exact) mass is 307 g/mol. The van der Waals surface area contributed by atoms with Gasteiger partial charge in [-0.2, -0.15) is 4.98 Å². The van der Waals surface area contributed by atoms with Crippen LogP contribution in [-0.4, -0.2) is 53.2 Å². The second-order valence-corrected chi connectivity index (χ2v) is 5.97. The molecule has 0 saturated heterocycles. The van der Waals surface area contributed by atoms with Crippen LogP contribution in [0.15, 0.2) is 6.33 Å². The Kier molecular flexibility index (Phi) is 3.54. The number of nitrogen functional groups attached to an aromatic ring is 1. The molecule has 8 nitrogen and oxygen atoms in total. The first-order valence-corrected chi connectivity index (χ1v) is 7.40. The highest BCUT2D eigenvalue weighted by atomic mass is 16.3. The van der Waals surface area contributed by atoms with Crippen molar-refractivity contribution in [3.05, 3.63) is 12.0 Å². The summed E-state index contributed by atoms with van der Waals surface area (Å²) in [7, 11) is 0. The molecule has 1 aliphatic carbocycles. The summed E-state index contributed by atoms with van der Waals surface area (Å²) in [4.78, 5) is 12.6. The standard InChI is InChI=1S/C14H21N5O3/c1-3-8-9(21)4-10(14(8,22)5-20)19-6-16-11-7(2)17-13(15)18-12(11)19/h6,8-10,20-22H,3-5H2,1-2H3,(H2,15,17,18)/t8-,9+,10+,14+/m1/s1. The van der Waals surface area contributed by atoms with Crippen LogP contribution in [0.2, 0.25) is 0 Å². The van der Waals surface area contributed by atoms with Crippen LogP contribution in [0.1, 0.15) is 31.5 Å². The number of aromatic nitrogens is 4. The van der Waals surface area contributed by atoms with Crippen LogP contribution in [0.5, 0.6) is 0 Å². The van der Waals surface area contributed by atoms with Crippen LogP contribution in [0.3, 0.4) is 0 Å². The largest absolute Gasteiger partial charge is 0.393 e. The summed E-state index contributed by atoms with van der Waals surface area (Å²) >= 11 is 0. The van der Waals surface area contributed by atoms with Crippen molar-refractivity contribution in [2.75, 3.05) is 12.3 Å². The van der Waals surface area contributed by atoms with Gasteiger partial charge in [-0.1, -0.05) is 6.92 Å². The fourth-order valence-electron chi connectivity index (χ4n) is 3.69. The number of aryl methyl sites for hydroxylation is 1. The van der Waals surface area contributed by atoms with Crippen molar-refractivity contribution < 1.29 is 15.3 Å². The van der Waals surface area contributed by atoms with Gasteiger partial charge in [0.25, 0.3) is 0 Å². The Balaban J connectivity index is 2.15. The molecule has 0 unspecified atom stereocenters. The minimum absolute atomic E-state index is 0.130. The van der Waals surface area contributed by atoms with Gasteiger partial charge in [0, 0.05) is 5.92 Å². The van der Waals surface area contributed by atoms with Crippen molar-refractivity contribution >= 4 is 17.1 Å². The van der Waals surface area contributed by atoms with Crippen molar-refractivity contribution in [2.24, 2.45) is 5.92 Å². The second-order valence-electron chi connectivity index (χ2n) is 5.97. The molecular formula is C14H21N5O3. The van der Waals surface area contributed by atoms with Crippen molar-refractivity contribution in [3.63, 3.8) is 0 Å². The average molecular weight is 307 g/mol. The van der Waals surface area contributed by atoms with Crippen LogP contribution in [0.4, 0.5) is 5.95 Å². The van der Waals surface area contributed by atoms with Gasteiger partial charge >= 0.3 is 0 Å². The summed E-state index contributed by atoms with van der Waals surface area (Å²) in [5, 5.41) is 30.9. The molecule has 2 heterocycles. The highest BCUT2D eigenvalue weighted by molar-refractivity contribution is 5.74. The number of nitrogens with two attached hydrogens (primary N) is 1. The van der Waals surface area contributed by atoms with E-state index in [9.17, 15) is 15.3 Å². The first kappa shape index (κ1) is 15.1. The van der Waals surface area contributed by atoms with Crippen LogP contribution < -0.4 is 5.73 Å². The van der Waals surface area contributed by atoms with E-state index in [0.717, 1.165) is 0 Å². The molecule has 1 fully saturated rings. The van der Waals surface area contributed by atoms with Gasteiger partial charge in [-0.3, -0.25) is 0 Å². The number of aliphatic hydroxyl groups excluding tert-OH is 2. The summed E-state index contributed by atoms with van der Waals surface area (Å²) in [6.45, 7) is 3.23. The van der Waals surface area contributed by atoms with Gasteiger partial charge in [-0.25, -0.2) is 9.97 Å². The number of hydrogen-bond donors (Lipinski definition) is 4. The molecule has 4 atom stereocenters. The Bertz CT molecular complexity index is 703. The van der Waals surface area contributed by atoms with E-state index in [1.165, 1.54) is 0 Å². The fourth-order valence-corrected chi connectivity index (χ4v) is 3.69. The first-order chi connectivity index (χ1) is 10.4. The maximum Gasteiger partial charge on any atom is 0.222 e. The number of rotatable bonds is 3. The molecule has 1 saturated carbocycles. The van der Waals surface area contributed by atoms with Gasteiger partial charge in [-0.05, 0) is 19.8 Å². The zero-order valence-corrected chi connectivity index (χ0v) is 12.6. The zero-order valence-electron chi connectivity index (χ0n) is 12.6. The summed E-state index contributed by atoms with van der Waals surface area (Å²) < 4.78 is 1.69. The molecule has 2 aromatic heterocycles. The number of aliphatic hydroxyl groups is 3. The van der Waals surface area contributed by atoms with E-state index in [0.29, 0.717) is 29.7 Å².